The first-order chi connectivity index (χ1) is 7.16. The lowest BCUT2D eigenvalue weighted by atomic mass is 9.90. The van der Waals surface area contributed by atoms with Gasteiger partial charge in [0.05, 0.1) is 5.92 Å². The van der Waals surface area contributed by atoms with Crippen molar-refractivity contribution >= 4 is 5.78 Å². The van der Waals surface area contributed by atoms with E-state index in [0.29, 0.717) is 13.2 Å². The molecule has 0 bridgehead atoms. The average Bonchev–Trinajstić information content (AvgIpc) is 2.18. The lowest BCUT2D eigenvalue weighted by Gasteiger charge is -2.36. The molecule has 0 saturated carbocycles. The van der Waals surface area contributed by atoms with Crippen LogP contribution in [0, 0.1) is 5.92 Å². The van der Waals surface area contributed by atoms with Crippen LogP contribution in [0.25, 0.3) is 0 Å². The third-order valence-corrected chi connectivity index (χ3v) is 2.35. The summed E-state index contributed by atoms with van der Waals surface area (Å²) in [4.78, 5) is 11.5. The largest absolute Gasteiger partial charge is 0.346 e. The van der Waals surface area contributed by atoms with E-state index in [4.69, 9.17) is 9.47 Å². The summed E-state index contributed by atoms with van der Waals surface area (Å²) in [5, 5.41) is 0. The van der Waals surface area contributed by atoms with Crippen LogP contribution in [0.1, 0.15) is 20.8 Å². The normalized spacial score (nSPS) is 23.0. The molecular weight excluding hydrogens is 192 g/mol. The first kappa shape index (κ1) is 12.1. The molecule has 15 heavy (non-hydrogen) atoms. The van der Waals surface area contributed by atoms with Crippen molar-refractivity contribution in [2.24, 2.45) is 5.92 Å². The van der Waals surface area contributed by atoms with Crippen LogP contribution >= 0.6 is 0 Å². The van der Waals surface area contributed by atoms with E-state index in [2.05, 4.69) is 0 Å². The maximum absolute atomic E-state index is 11.5. The van der Waals surface area contributed by atoms with E-state index in [1.165, 1.54) is 0 Å². The monoisotopic (exact) mass is 210 g/mol. The first-order valence-corrected chi connectivity index (χ1v) is 5.30. The highest BCUT2D eigenvalue weighted by molar-refractivity contribution is 5.82. The van der Waals surface area contributed by atoms with Crippen LogP contribution in [0.2, 0.25) is 0 Å². The quantitative estimate of drug-likeness (QED) is 0.652. The van der Waals surface area contributed by atoms with Crippen molar-refractivity contribution in [1.29, 1.82) is 0 Å². The number of carbonyl (C=O) groups is 1. The SMILES string of the molecule is CCOC1(OCC)C=CC=CC1C(C)=O. The van der Waals surface area contributed by atoms with Gasteiger partial charge in [0.15, 0.2) is 0 Å². The number of ketones is 1. The first-order valence-electron chi connectivity index (χ1n) is 5.30. The molecule has 3 heteroatoms. The smallest absolute Gasteiger partial charge is 0.201 e. The second kappa shape index (κ2) is 5.24. The molecule has 0 aliphatic heterocycles. The Morgan fingerprint density at radius 1 is 1.27 bits per heavy atom. The van der Waals surface area contributed by atoms with Gasteiger partial charge >= 0.3 is 0 Å². The van der Waals surface area contributed by atoms with E-state index >= 15 is 0 Å². The zero-order chi connectivity index (χ0) is 11.3. The fraction of sp³-hybridized carbons (Fsp3) is 0.583. The number of carbonyl (C=O) groups excluding carboxylic acids is 1. The predicted octanol–water partition coefficient (Wildman–Crippen LogP) is 2.09. The lowest BCUT2D eigenvalue weighted by molar-refractivity contribution is -0.219. The van der Waals surface area contributed by atoms with Crippen molar-refractivity contribution in [1.82, 2.24) is 0 Å². The molecule has 0 fully saturated rings. The summed E-state index contributed by atoms with van der Waals surface area (Å²) in [5.74, 6) is -1.19. The Labute approximate surface area is 90.8 Å². The van der Waals surface area contributed by atoms with Crippen LogP contribution in [0.4, 0.5) is 0 Å². The summed E-state index contributed by atoms with van der Waals surface area (Å²) in [6, 6.07) is 0. The fourth-order valence-corrected chi connectivity index (χ4v) is 1.79. The van der Waals surface area contributed by atoms with Crippen molar-refractivity contribution < 1.29 is 14.3 Å². The van der Waals surface area contributed by atoms with Gasteiger partial charge in [-0.05, 0) is 26.8 Å². The molecule has 0 saturated heterocycles. The lowest BCUT2D eigenvalue weighted by Crippen LogP contribution is -2.45. The average molecular weight is 210 g/mol. The number of hydrogen-bond acceptors (Lipinski definition) is 3. The van der Waals surface area contributed by atoms with Crippen LogP contribution in [0.15, 0.2) is 24.3 Å². The van der Waals surface area contributed by atoms with E-state index < -0.39 is 5.79 Å². The second-order valence-electron chi connectivity index (χ2n) is 3.42. The second-order valence-corrected chi connectivity index (χ2v) is 3.42. The van der Waals surface area contributed by atoms with Gasteiger partial charge in [0, 0.05) is 13.2 Å². The molecule has 0 amide bonds. The van der Waals surface area contributed by atoms with Gasteiger partial charge in [-0.15, -0.1) is 0 Å². The molecule has 0 aromatic heterocycles. The highest BCUT2D eigenvalue weighted by Crippen LogP contribution is 2.30. The Balaban J connectivity index is 2.95. The Kier molecular flexibility index (Phi) is 4.24. The van der Waals surface area contributed by atoms with E-state index in [9.17, 15) is 4.79 Å². The Hall–Kier alpha value is -0.930. The van der Waals surface area contributed by atoms with Crippen LogP contribution in [-0.4, -0.2) is 24.8 Å². The van der Waals surface area contributed by atoms with Crippen molar-refractivity contribution in [3.05, 3.63) is 24.3 Å². The van der Waals surface area contributed by atoms with Gasteiger partial charge in [0.2, 0.25) is 5.79 Å². The van der Waals surface area contributed by atoms with Crippen LogP contribution < -0.4 is 0 Å². The summed E-state index contributed by atoms with van der Waals surface area (Å²) in [7, 11) is 0. The van der Waals surface area contributed by atoms with Crippen LogP contribution in [0.3, 0.4) is 0 Å². The van der Waals surface area contributed by atoms with E-state index in [1.54, 1.807) is 6.92 Å². The topological polar surface area (TPSA) is 35.5 Å². The van der Waals surface area contributed by atoms with Gasteiger partial charge in [-0.1, -0.05) is 18.2 Å². The predicted molar refractivity (Wildman–Crippen MR) is 58.4 cm³/mol. The third kappa shape index (κ3) is 2.55. The number of Topliss-reactive ketones (excluding diaryl/α,β-unsaturated/α-hetero) is 1. The fourth-order valence-electron chi connectivity index (χ4n) is 1.79. The number of hydrogen-bond donors (Lipinski definition) is 0. The highest BCUT2D eigenvalue weighted by Gasteiger charge is 2.40. The van der Waals surface area contributed by atoms with Gasteiger partial charge in [-0.3, -0.25) is 4.79 Å². The van der Waals surface area contributed by atoms with Gasteiger partial charge in [-0.2, -0.15) is 0 Å². The van der Waals surface area contributed by atoms with Crippen molar-refractivity contribution in [3.63, 3.8) is 0 Å². The van der Waals surface area contributed by atoms with Gasteiger partial charge < -0.3 is 9.47 Å². The van der Waals surface area contributed by atoms with Crippen molar-refractivity contribution in [2.75, 3.05) is 13.2 Å². The molecule has 84 valence electrons. The zero-order valence-corrected chi connectivity index (χ0v) is 9.53. The van der Waals surface area contributed by atoms with Crippen LogP contribution in [-0.2, 0) is 14.3 Å². The minimum Gasteiger partial charge on any atom is -0.346 e. The summed E-state index contributed by atoms with van der Waals surface area (Å²) >= 11 is 0. The van der Waals surface area contributed by atoms with Crippen molar-refractivity contribution in [3.8, 4) is 0 Å². The molecule has 0 radical (unpaired) electrons. The zero-order valence-electron chi connectivity index (χ0n) is 9.53. The highest BCUT2D eigenvalue weighted by atomic mass is 16.7. The molecule has 0 aromatic carbocycles. The molecule has 0 heterocycles. The van der Waals surface area contributed by atoms with E-state index in [0.717, 1.165) is 0 Å². The molecule has 1 rings (SSSR count). The maximum Gasteiger partial charge on any atom is 0.201 e. The minimum atomic E-state index is -0.899. The molecule has 0 aromatic rings. The standard InChI is InChI=1S/C12H18O3/c1-4-14-12(15-5-2)9-7-6-8-11(12)10(3)13/h6-9,11H,4-5H2,1-3H3. The summed E-state index contributed by atoms with van der Waals surface area (Å²) < 4.78 is 11.2. The van der Waals surface area contributed by atoms with Crippen LogP contribution in [0.5, 0.6) is 0 Å². The molecule has 3 nitrogen and oxygen atoms in total. The summed E-state index contributed by atoms with van der Waals surface area (Å²) in [6.07, 6.45) is 7.34. The molecule has 0 spiro atoms. The molecular formula is C12H18O3. The number of rotatable bonds is 5. The van der Waals surface area contributed by atoms with Crippen molar-refractivity contribution in [2.45, 2.75) is 26.6 Å². The Morgan fingerprint density at radius 3 is 2.33 bits per heavy atom. The molecule has 0 N–H and O–H groups in total. The summed E-state index contributed by atoms with van der Waals surface area (Å²) in [6.45, 7) is 6.37. The number of allylic oxidation sites excluding steroid dienone is 2. The third-order valence-electron chi connectivity index (χ3n) is 2.35. The van der Waals surface area contributed by atoms with E-state index in [1.807, 2.05) is 38.2 Å². The molecule has 1 aliphatic carbocycles. The number of ether oxygens (including phenoxy) is 2. The van der Waals surface area contributed by atoms with E-state index in [-0.39, 0.29) is 11.7 Å². The summed E-state index contributed by atoms with van der Waals surface area (Å²) in [5.41, 5.74) is 0. The molecule has 1 aliphatic rings. The Bertz CT molecular complexity index is 273. The van der Waals surface area contributed by atoms with Gasteiger partial charge in [0.1, 0.15) is 5.78 Å². The van der Waals surface area contributed by atoms with Gasteiger partial charge in [0.25, 0.3) is 0 Å². The molecule has 1 unspecified atom stereocenters. The maximum atomic E-state index is 11.5. The minimum absolute atomic E-state index is 0.0532. The van der Waals surface area contributed by atoms with Gasteiger partial charge in [-0.25, -0.2) is 0 Å². The Morgan fingerprint density at radius 2 is 1.87 bits per heavy atom. The molecule has 1 atom stereocenters.